The number of Topliss-reactive ketones (excluding diaryl/α,β-unsaturated/α-hetero) is 1. The average molecular weight is 608 g/mol. The highest BCUT2D eigenvalue weighted by Crippen LogP contribution is 2.38. The Morgan fingerprint density at radius 1 is 1.02 bits per heavy atom. The Morgan fingerprint density at radius 2 is 1.67 bits per heavy atom. The number of likely N-dealkylation sites (tertiary alicyclic amines) is 1. The van der Waals surface area contributed by atoms with Gasteiger partial charge in [-0.3, -0.25) is 29.4 Å². The van der Waals surface area contributed by atoms with Crippen LogP contribution in [0.3, 0.4) is 0 Å². The molecule has 0 unspecified atom stereocenters. The maximum Gasteiger partial charge on any atom is 0.416 e. The normalized spacial score (nSPS) is 17.7. The van der Waals surface area contributed by atoms with Crippen LogP contribution >= 0.6 is 0 Å². The first-order chi connectivity index (χ1) is 20.1. The summed E-state index contributed by atoms with van der Waals surface area (Å²) in [5.41, 5.74) is -2.64. The number of urea groups is 1. The van der Waals surface area contributed by atoms with Crippen LogP contribution in [0.1, 0.15) is 48.2 Å². The molecule has 10 nitrogen and oxygen atoms in total. The Morgan fingerprint density at radius 3 is 2.26 bits per heavy atom. The van der Waals surface area contributed by atoms with Crippen LogP contribution in [0.5, 0.6) is 0 Å². The summed E-state index contributed by atoms with van der Waals surface area (Å²) >= 11 is 0. The summed E-state index contributed by atoms with van der Waals surface area (Å²) < 4.78 is 54.8. The standard InChI is InChI=1S/C29H33F4N5O5/c1-17(2)24(34-14-22(39)20-13-19(29(31,32)33)6-7-21(20)30)25(41)37-11-9-28(10-12-37)26(42)36(4)27(43)38(28)16-18-5-8-23(40)35(3)15-18/h5-8,13,15,17,24,34H,9-12,14,16H2,1-4H3/t24-/m1/s1. The molecule has 43 heavy (non-hydrogen) atoms. The van der Waals surface area contributed by atoms with Gasteiger partial charge in [-0.1, -0.05) is 19.9 Å². The molecule has 1 atom stereocenters. The lowest BCUT2D eigenvalue weighted by Gasteiger charge is -2.43. The number of imide groups is 1. The van der Waals surface area contributed by atoms with Crippen molar-refractivity contribution in [2.75, 3.05) is 26.7 Å². The van der Waals surface area contributed by atoms with Crippen molar-refractivity contribution in [3.8, 4) is 0 Å². The van der Waals surface area contributed by atoms with Crippen molar-refractivity contribution < 1.29 is 36.7 Å². The van der Waals surface area contributed by atoms with Crippen molar-refractivity contribution in [3.63, 3.8) is 0 Å². The molecule has 1 N–H and O–H groups in total. The molecular formula is C29H33F4N5O5. The van der Waals surface area contributed by atoms with Crippen molar-refractivity contribution in [3.05, 3.63) is 69.4 Å². The van der Waals surface area contributed by atoms with Gasteiger partial charge in [0, 0.05) is 46.0 Å². The predicted molar refractivity (Wildman–Crippen MR) is 146 cm³/mol. The Bertz CT molecular complexity index is 1500. The molecule has 232 valence electrons. The van der Waals surface area contributed by atoms with Crippen LogP contribution < -0.4 is 10.9 Å². The Hall–Kier alpha value is -4.07. The molecule has 2 aliphatic rings. The number of ketones is 1. The lowest BCUT2D eigenvalue weighted by Crippen LogP contribution is -2.59. The summed E-state index contributed by atoms with van der Waals surface area (Å²) in [6.07, 6.45) is -2.86. The van der Waals surface area contributed by atoms with E-state index in [1.807, 2.05) is 0 Å². The lowest BCUT2D eigenvalue weighted by molar-refractivity contribution is -0.142. The van der Waals surface area contributed by atoms with Gasteiger partial charge in [-0.05, 0) is 42.5 Å². The SMILES string of the molecule is CC(C)[C@@H](NCC(=O)c1cc(C(F)(F)F)ccc1F)C(=O)N1CCC2(CC1)C(=O)N(C)C(=O)N2Cc1ccc(=O)n(C)c1. The molecule has 2 fully saturated rings. The van der Waals surface area contributed by atoms with Gasteiger partial charge in [0.05, 0.1) is 23.7 Å². The van der Waals surface area contributed by atoms with E-state index in [0.717, 1.165) is 4.90 Å². The number of likely N-dealkylation sites (N-methyl/N-ethyl adjacent to an activating group) is 1. The molecule has 2 saturated heterocycles. The van der Waals surface area contributed by atoms with Crippen molar-refractivity contribution >= 4 is 23.6 Å². The minimum Gasteiger partial charge on any atom is -0.341 e. The number of halogens is 4. The van der Waals surface area contributed by atoms with Crippen LogP contribution in [-0.2, 0) is 29.4 Å². The van der Waals surface area contributed by atoms with E-state index in [1.165, 1.54) is 27.5 Å². The summed E-state index contributed by atoms with van der Waals surface area (Å²) in [6.45, 7) is 3.20. The number of pyridine rings is 1. The fraction of sp³-hybridized carbons (Fsp3) is 0.483. The predicted octanol–water partition coefficient (Wildman–Crippen LogP) is 2.80. The number of nitrogens with zero attached hydrogens (tertiary/aromatic N) is 4. The number of aryl methyl sites for hydroxylation is 1. The van der Waals surface area contributed by atoms with Gasteiger partial charge in [0.2, 0.25) is 11.5 Å². The molecule has 0 saturated carbocycles. The number of piperidine rings is 1. The minimum atomic E-state index is -4.76. The fourth-order valence-electron chi connectivity index (χ4n) is 5.62. The average Bonchev–Trinajstić information content (AvgIpc) is 3.11. The first-order valence-electron chi connectivity index (χ1n) is 13.7. The Labute approximate surface area is 245 Å². The molecule has 2 aromatic rings. The lowest BCUT2D eigenvalue weighted by atomic mass is 9.85. The molecule has 3 heterocycles. The van der Waals surface area contributed by atoms with Crippen LogP contribution in [0.25, 0.3) is 0 Å². The van der Waals surface area contributed by atoms with E-state index in [-0.39, 0.29) is 49.9 Å². The van der Waals surface area contributed by atoms with Crippen LogP contribution in [0, 0.1) is 11.7 Å². The van der Waals surface area contributed by atoms with Crippen molar-refractivity contribution in [1.29, 1.82) is 0 Å². The molecule has 4 rings (SSSR count). The molecule has 1 aromatic carbocycles. The van der Waals surface area contributed by atoms with E-state index in [2.05, 4.69) is 5.32 Å². The van der Waals surface area contributed by atoms with Gasteiger partial charge in [-0.2, -0.15) is 13.2 Å². The number of aromatic nitrogens is 1. The number of alkyl halides is 3. The number of nitrogens with one attached hydrogen (secondary N) is 1. The third-order valence-electron chi connectivity index (χ3n) is 8.14. The smallest absolute Gasteiger partial charge is 0.341 e. The van der Waals surface area contributed by atoms with E-state index < -0.39 is 59.0 Å². The molecule has 0 radical (unpaired) electrons. The summed E-state index contributed by atoms with van der Waals surface area (Å²) in [7, 11) is 2.98. The fourth-order valence-corrected chi connectivity index (χ4v) is 5.62. The molecule has 14 heteroatoms. The summed E-state index contributed by atoms with van der Waals surface area (Å²) in [4.78, 5) is 68.4. The molecule has 0 bridgehead atoms. The van der Waals surface area contributed by atoms with Crippen molar-refractivity contribution in [2.45, 2.75) is 51.0 Å². The van der Waals surface area contributed by atoms with Crippen LogP contribution in [-0.4, -0.2) is 81.2 Å². The second-order valence-corrected chi connectivity index (χ2v) is 11.3. The highest BCUT2D eigenvalue weighted by Gasteiger charge is 2.57. The largest absolute Gasteiger partial charge is 0.416 e. The second-order valence-electron chi connectivity index (χ2n) is 11.3. The van der Waals surface area contributed by atoms with Gasteiger partial charge in [0.25, 0.3) is 5.91 Å². The zero-order valence-electron chi connectivity index (χ0n) is 24.2. The Kier molecular flexibility index (Phi) is 8.82. The number of rotatable bonds is 8. The highest BCUT2D eigenvalue weighted by molar-refractivity contribution is 6.07. The number of hydrogen-bond donors (Lipinski definition) is 1. The summed E-state index contributed by atoms with van der Waals surface area (Å²) in [5.74, 6) is -3.16. The molecule has 0 aliphatic carbocycles. The van der Waals surface area contributed by atoms with Crippen LogP contribution in [0.15, 0.2) is 41.3 Å². The minimum absolute atomic E-state index is 0.0847. The van der Waals surface area contributed by atoms with Gasteiger partial charge in [0.1, 0.15) is 11.4 Å². The van der Waals surface area contributed by atoms with Crippen LogP contribution in [0.2, 0.25) is 0 Å². The van der Waals surface area contributed by atoms with E-state index >= 15 is 0 Å². The number of amides is 4. The topological polar surface area (TPSA) is 112 Å². The third-order valence-corrected chi connectivity index (χ3v) is 8.14. The van der Waals surface area contributed by atoms with E-state index in [9.17, 15) is 41.5 Å². The third kappa shape index (κ3) is 6.19. The Balaban J connectivity index is 1.46. The van der Waals surface area contributed by atoms with Crippen molar-refractivity contribution in [2.24, 2.45) is 13.0 Å². The molecule has 1 spiro atoms. The zero-order chi connectivity index (χ0) is 31.9. The quantitative estimate of drug-likeness (QED) is 0.281. The summed E-state index contributed by atoms with van der Waals surface area (Å²) in [5, 5.41) is 2.78. The molecule has 1 aromatic heterocycles. The van der Waals surface area contributed by atoms with E-state index in [1.54, 1.807) is 33.2 Å². The van der Waals surface area contributed by atoms with Gasteiger partial charge in [-0.15, -0.1) is 0 Å². The summed E-state index contributed by atoms with van der Waals surface area (Å²) in [6, 6.07) is 3.15. The van der Waals surface area contributed by atoms with Crippen molar-refractivity contribution in [1.82, 2.24) is 24.6 Å². The van der Waals surface area contributed by atoms with Gasteiger partial charge in [-0.25, -0.2) is 9.18 Å². The van der Waals surface area contributed by atoms with Gasteiger partial charge < -0.3 is 14.4 Å². The molecule has 2 aliphatic heterocycles. The maximum atomic E-state index is 14.2. The van der Waals surface area contributed by atoms with Crippen LogP contribution in [0.4, 0.5) is 22.4 Å². The second kappa shape index (κ2) is 11.9. The van der Waals surface area contributed by atoms with E-state index in [0.29, 0.717) is 23.8 Å². The highest BCUT2D eigenvalue weighted by atomic mass is 19.4. The molecular weight excluding hydrogens is 574 g/mol. The zero-order valence-corrected chi connectivity index (χ0v) is 24.2. The number of hydrogen-bond acceptors (Lipinski definition) is 6. The van der Waals surface area contributed by atoms with Gasteiger partial charge in [0.15, 0.2) is 5.78 Å². The number of carbonyl (C=O) groups excluding carboxylic acids is 4. The number of carbonyl (C=O) groups is 4. The number of benzene rings is 1. The molecule has 4 amide bonds. The maximum absolute atomic E-state index is 14.2. The van der Waals surface area contributed by atoms with Gasteiger partial charge >= 0.3 is 12.2 Å². The van der Waals surface area contributed by atoms with E-state index in [4.69, 9.17) is 0 Å². The monoisotopic (exact) mass is 607 g/mol. The first-order valence-corrected chi connectivity index (χ1v) is 13.7. The first kappa shape index (κ1) is 31.9.